The molecule has 0 aromatic rings. The molecule has 0 amide bonds. The molecule has 0 spiro atoms. The summed E-state index contributed by atoms with van der Waals surface area (Å²) in [5.74, 6) is 0.701. The zero-order chi connectivity index (χ0) is 12.7. The second kappa shape index (κ2) is 8.06. The highest BCUT2D eigenvalue weighted by Gasteiger charge is 2.27. The van der Waals surface area contributed by atoms with Crippen molar-refractivity contribution in [1.82, 2.24) is 4.90 Å². The van der Waals surface area contributed by atoms with Crippen LogP contribution in [0.1, 0.15) is 46.0 Å². The van der Waals surface area contributed by atoms with E-state index in [1.807, 2.05) is 0 Å². The van der Waals surface area contributed by atoms with Crippen LogP contribution in [-0.4, -0.2) is 43.8 Å². The lowest BCUT2D eigenvalue weighted by Crippen LogP contribution is -2.43. The SMILES string of the molecule is CCC(CC)N(CCOC)CC1CCCC1N. The van der Waals surface area contributed by atoms with E-state index in [1.54, 1.807) is 7.11 Å². The first-order chi connectivity index (χ1) is 8.22. The van der Waals surface area contributed by atoms with E-state index < -0.39 is 0 Å². The zero-order valence-corrected chi connectivity index (χ0v) is 11.8. The van der Waals surface area contributed by atoms with Crippen molar-refractivity contribution < 1.29 is 4.74 Å². The van der Waals surface area contributed by atoms with Crippen molar-refractivity contribution in [3.63, 3.8) is 0 Å². The van der Waals surface area contributed by atoms with Crippen LogP contribution < -0.4 is 5.73 Å². The fourth-order valence-electron chi connectivity index (χ4n) is 3.03. The first-order valence-corrected chi connectivity index (χ1v) is 7.21. The van der Waals surface area contributed by atoms with Gasteiger partial charge in [0.15, 0.2) is 0 Å². The van der Waals surface area contributed by atoms with Gasteiger partial charge in [-0.15, -0.1) is 0 Å². The van der Waals surface area contributed by atoms with Gasteiger partial charge in [0.1, 0.15) is 0 Å². The standard InChI is InChI=1S/C14H30N2O/c1-4-13(5-2)16(9-10-17-3)11-12-7-6-8-14(12)15/h12-14H,4-11,15H2,1-3H3. The van der Waals surface area contributed by atoms with Gasteiger partial charge in [0.25, 0.3) is 0 Å². The Hall–Kier alpha value is -0.120. The number of hydrogen-bond acceptors (Lipinski definition) is 3. The smallest absolute Gasteiger partial charge is 0.0589 e. The van der Waals surface area contributed by atoms with E-state index in [-0.39, 0.29) is 0 Å². The molecule has 0 saturated heterocycles. The summed E-state index contributed by atoms with van der Waals surface area (Å²) in [5.41, 5.74) is 6.18. The Balaban J connectivity index is 2.49. The molecule has 0 heterocycles. The highest BCUT2D eigenvalue weighted by molar-refractivity contribution is 4.84. The maximum absolute atomic E-state index is 6.18. The van der Waals surface area contributed by atoms with Crippen LogP contribution >= 0.6 is 0 Å². The minimum Gasteiger partial charge on any atom is -0.383 e. The molecule has 0 radical (unpaired) electrons. The van der Waals surface area contributed by atoms with Gasteiger partial charge in [-0.25, -0.2) is 0 Å². The zero-order valence-electron chi connectivity index (χ0n) is 11.8. The first kappa shape index (κ1) is 14.9. The van der Waals surface area contributed by atoms with Gasteiger partial charge in [-0.2, -0.15) is 0 Å². The van der Waals surface area contributed by atoms with Gasteiger partial charge in [-0.05, 0) is 31.6 Å². The summed E-state index contributed by atoms with van der Waals surface area (Å²) in [5, 5.41) is 0. The topological polar surface area (TPSA) is 38.5 Å². The fraction of sp³-hybridized carbons (Fsp3) is 1.00. The summed E-state index contributed by atoms with van der Waals surface area (Å²) in [6.07, 6.45) is 6.29. The van der Waals surface area contributed by atoms with E-state index >= 15 is 0 Å². The third-order valence-corrected chi connectivity index (χ3v) is 4.23. The van der Waals surface area contributed by atoms with Crippen molar-refractivity contribution in [2.45, 2.75) is 58.0 Å². The first-order valence-electron chi connectivity index (χ1n) is 7.21. The van der Waals surface area contributed by atoms with Crippen molar-refractivity contribution in [1.29, 1.82) is 0 Å². The van der Waals surface area contributed by atoms with Crippen LogP contribution in [0.25, 0.3) is 0 Å². The third kappa shape index (κ3) is 4.57. The van der Waals surface area contributed by atoms with E-state index in [9.17, 15) is 0 Å². The van der Waals surface area contributed by atoms with E-state index in [4.69, 9.17) is 10.5 Å². The van der Waals surface area contributed by atoms with Crippen molar-refractivity contribution in [3.05, 3.63) is 0 Å². The molecule has 1 rings (SSSR count). The molecule has 2 N–H and O–H groups in total. The Labute approximate surface area is 107 Å². The second-order valence-corrected chi connectivity index (χ2v) is 5.31. The van der Waals surface area contributed by atoms with Gasteiger partial charge in [-0.1, -0.05) is 20.3 Å². The van der Waals surface area contributed by atoms with Crippen LogP contribution in [0.15, 0.2) is 0 Å². The Kier molecular flexibility index (Phi) is 7.09. The molecule has 3 heteroatoms. The largest absolute Gasteiger partial charge is 0.383 e. The number of methoxy groups -OCH3 is 1. The minimum atomic E-state index is 0.425. The average molecular weight is 242 g/mol. The molecule has 0 aromatic carbocycles. The lowest BCUT2D eigenvalue weighted by Gasteiger charge is -2.33. The number of ether oxygens (including phenoxy) is 1. The summed E-state index contributed by atoms with van der Waals surface area (Å²) < 4.78 is 5.23. The van der Waals surface area contributed by atoms with Gasteiger partial charge in [0, 0.05) is 32.3 Å². The maximum Gasteiger partial charge on any atom is 0.0589 e. The highest BCUT2D eigenvalue weighted by atomic mass is 16.5. The van der Waals surface area contributed by atoms with Crippen molar-refractivity contribution in [3.8, 4) is 0 Å². The van der Waals surface area contributed by atoms with Crippen LogP contribution in [0.3, 0.4) is 0 Å². The summed E-state index contributed by atoms with van der Waals surface area (Å²) in [6.45, 7) is 7.60. The summed E-state index contributed by atoms with van der Waals surface area (Å²) >= 11 is 0. The molecule has 1 aliphatic rings. The Morgan fingerprint density at radius 2 is 2.00 bits per heavy atom. The van der Waals surface area contributed by atoms with Gasteiger partial charge in [0.2, 0.25) is 0 Å². The monoisotopic (exact) mass is 242 g/mol. The molecule has 3 nitrogen and oxygen atoms in total. The highest BCUT2D eigenvalue weighted by Crippen LogP contribution is 2.26. The Bertz CT molecular complexity index is 195. The van der Waals surface area contributed by atoms with Crippen molar-refractivity contribution in [2.24, 2.45) is 11.7 Å². The van der Waals surface area contributed by atoms with Crippen LogP contribution in [0.2, 0.25) is 0 Å². The molecule has 2 unspecified atom stereocenters. The fourth-order valence-corrected chi connectivity index (χ4v) is 3.03. The Morgan fingerprint density at radius 1 is 1.29 bits per heavy atom. The normalized spacial score (nSPS) is 25.1. The molecule has 2 atom stereocenters. The molecule has 1 fully saturated rings. The van der Waals surface area contributed by atoms with Crippen LogP contribution in [0.4, 0.5) is 0 Å². The van der Waals surface area contributed by atoms with Crippen LogP contribution in [0, 0.1) is 5.92 Å². The molecule has 0 aliphatic heterocycles. The van der Waals surface area contributed by atoms with E-state index in [1.165, 1.54) is 32.1 Å². The molecule has 0 aromatic heterocycles. The molecular weight excluding hydrogens is 212 g/mol. The lowest BCUT2D eigenvalue weighted by molar-refractivity contribution is 0.0996. The maximum atomic E-state index is 6.18. The lowest BCUT2D eigenvalue weighted by atomic mass is 10.0. The van der Waals surface area contributed by atoms with E-state index in [0.717, 1.165) is 19.7 Å². The molecule has 0 bridgehead atoms. The van der Waals surface area contributed by atoms with Crippen LogP contribution in [0.5, 0.6) is 0 Å². The van der Waals surface area contributed by atoms with Gasteiger partial charge >= 0.3 is 0 Å². The molecule has 1 saturated carbocycles. The predicted octanol–water partition coefficient (Wildman–Crippen LogP) is 2.25. The predicted molar refractivity (Wildman–Crippen MR) is 73.1 cm³/mol. The Morgan fingerprint density at radius 3 is 2.47 bits per heavy atom. The van der Waals surface area contributed by atoms with Crippen molar-refractivity contribution in [2.75, 3.05) is 26.8 Å². The number of nitrogens with zero attached hydrogens (tertiary/aromatic N) is 1. The van der Waals surface area contributed by atoms with Crippen LogP contribution in [-0.2, 0) is 4.74 Å². The quantitative estimate of drug-likeness (QED) is 0.709. The number of rotatable bonds is 8. The summed E-state index contributed by atoms with van der Waals surface area (Å²) in [6, 6.07) is 1.12. The average Bonchev–Trinajstić information content (AvgIpc) is 2.73. The molecule has 102 valence electrons. The molecular formula is C14H30N2O. The molecule has 17 heavy (non-hydrogen) atoms. The van der Waals surface area contributed by atoms with Gasteiger partial charge in [-0.3, -0.25) is 4.90 Å². The second-order valence-electron chi connectivity index (χ2n) is 5.31. The number of nitrogens with two attached hydrogens (primary N) is 1. The summed E-state index contributed by atoms with van der Waals surface area (Å²) in [7, 11) is 1.78. The van der Waals surface area contributed by atoms with Gasteiger partial charge < -0.3 is 10.5 Å². The third-order valence-electron chi connectivity index (χ3n) is 4.23. The van der Waals surface area contributed by atoms with E-state index in [2.05, 4.69) is 18.7 Å². The van der Waals surface area contributed by atoms with E-state index in [0.29, 0.717) is 18.0 Å². The minimum absolute atomic E-state index is 0.425. The number of hydrogen-bond donors (Lipinski definition) is 1. The van der Waals surface area contributed by atoms with Crippen molar-refractivity contribution >= 4 is 0 Å². The van der Waals surface area contributed by atoms with Gasteiger partial charge in [0.05, 0.1) is 6.61 Å². The molecule has 1 aliphatic carbocycles. The summed E-state index contributed by atoms with van der Waals surface area (Å²) in [4.78, 5) is 2.60.